The first kappa shape index (κ1) is 19.1. The predicted octanol–water partition coefficient (Wildman–Crippen LogP) is 4.29. The first-order valence-electron chi connectivity index (χ1n) is 8.82. The lowest BCUT2D eigenvalue weighted by molar-refractivity contribution is -0.136. The molecule has 0 aliphatic carbocycles. The van der Waals surface area contributed by atoms with Gasteiger partial charge in [-0.2, -0.15) is 13.2 Å². The summed E-state index contributed by atoms with van der Waals surface area (Å²) in [5.41, 5.74) is -0.547. The third kappa shape index (κ3) is 4.56. The predicted molar refractivity (Wildman–Crippen MR) is 96.8 cm³/mol. The Morgan fingerprint density at radius 3 is 2.70 bits per heavy atom. The molecule has 3 rings (SSSR count). The summed E-state index contributed by atoms with van der Waals surface area (Å²) in [4.78, 5) is 23.3. The number of aromatic nitrogens is 2. The van der Waals surface area contributed by atoms with Crippen LogP contribution in [0.2, 0.25) is 0 Å². The van der Waals surface area contributed by atoms with Crippen LogP contribution in [0.1, 0.15) is 41.5 Å². The Balaban J connectivity index is 1.86. The number of anilines is 2. The van der Waals surface area contributed by atoms with Gasteiger partial charge in [0.2, 0.25) is 5.95 Å². The molecule has 1 fully saturated rings. The van der Waals surface area contributed by atoms with Crippen LogP contribution in [0.5, 0.6) is 0 Å². The number of piperidine rings is 1. The van der Waals surface area contributed by atoms with Crippen molar-refractivity contribution in [2.24, 2.45) is 5.92 Å². The fourth-order valence-corrected chi connectivity index (χ4v) is 3.21. The Morgan fingerprint density at radius 1 is 1.26 bits per heavy atom. The molecule has 1 aromatic heterocycles. The first-order valence-corrected chi connectivity index (χ1v) is 8.82. The smallest absolute Gasteiger partial charge is 0.341 e. The number of benzene rings is 1. The third-order valence-electron chi connectivity index (χ3n) is 4.50. The number of nitrogens with one attached hydrogen (secondary N) is 1. The zero-order chi connectivity index (χ0) is 19.6. The Bertz CT molecular complexity index is 838. The molecule has 8 heteroatoms. The minimum absolute atomic E-state index is 0.0488. The zero-order valence-corrected chi connectivity index (χ0v) is 15.2. The molecule has 0 saturated carbocycles. The van der Waals surface area contributed by atoms with Crippen molar-refractivity contribution in [1.29, 1.82) is 0 Å². The number of amides is 1. The molecular weight excluding hydrogens is 357 g/mol. The van der Waals surface area contributed by atoms with Gasteiger partial charge in [-0.1, -0.05) is 19.1 Å². The number of rotatable bonds is 3. The van der Waals surface area contributed by atoms with Crippen molar-refractivity contribution in [3.05, 3.63) is 47.3 Å². The number of hydrogen-bond acceptors (Lipinski definition) is 4. The molecule has 1 atom stereocenters. The van der Waals surface area contributed by atoms with E-state index in [0.29, 0.717) is 17.6 Å². The number of alkyl halides is 3. The van der Waals surface area contributed by atoms with E-state index in [-0.39, 0.29) is 11.4 Å². The average Bonchev–Trinajstić information content (AvgIpc) is 2.60. The van der Waals surface area contributed by atoms with Crippen LogP contribution in [0, 0.1) is 12.8 Å². The molecule has 2 aromatic rings. The monoisotopic (exact) mass is 378 g/mol. The number of carbonyl (C=O) groups excluding carboxylic acids is 1. The van der Waals surface area contributed by atoms with E-state index < -0.39 is 17.6 Å². The lowest BCUT2D eigenvalue weighted by Crippen LogP contribution is -2.36. The summed E-state index contributed by atoms with van der Waals surface area (Å²) in [6.07, 6.45) is -2.41. The maximum absolute atomic E-state index is 13.1. The van der Waals surface area contributed by atoms with Crippen molar-refractivity contribution in [3.8, 4) is 0 Å². The van der Waals surface area contributed by atoms with Gasteiger partial charge in [0.15, 0.2) is 0 Å². The lowest BCUT2D eigenvalue weighted by atomic mass is 10.0. The van der Waals surface area contributed by atoms with Gasteiger partial charge in [0.1, 0.15) is 5.69 Å². The van der Waals surface area contributed by atoms with E-state index >= 15 is 0 Å². The number of carbonyl (C=O) groups is 1. The van der Waals surface area contributed by atoms with Crippen LogP contribution in [-0.2, 0) is 6.18 Å². The van der Waals surface area contributed by atoms with Crippen molar-refractivity contribution in [1.82, 2.24) is 9.97 Å². The second-order valence-corrected chi connectivity index (χ2v) is 6.89. The van der Waals surface area contributed by atoms with Crippen molar-refractivity contribution in [3.63, 3.8) is 0 Å². The average molecular weight is 378 g/mol. The largest absolute Gasteiger partial charge is 0.418 e. The molecular formula is C19H21F3N4O. The van der Waals surface area contributed by atoms with Gasteiger partial charge in [0.05, 0.1) is 11.3 Å². The summed E-state index contributed by atoms with van der Waals surface area (Å²) in [5, 5.41) is 2.33. The highest BCUT2D eigenvalue weighted by molar-refractivity contribution is 6.03. The maximum Gasteiger partial charge on any atom is 0.418 e. The topological polar surface area (TPSA) is 58.1 Å². The van der Waals surface area contributed by atoms with Gasteiger partial charge in [0.25, 0.3) is 5.91 Å². The van der Waals surface area contributed by atoms with Crippen LogP contribution in [0.15, 0.2) is 30.3 Å². The van der Waals surface area contributed by atoms with E-state index in [9.17, 15) is 18.0 Å². The van der Waals surface area contributed by atoms with Crippen LogP contribution >= 0.6 is 0 Å². The van der Waals surface area contributed by atoms with E-state index in [2.05, 4.69) is 22.2 Å². The molecule has 1 aliphatic rings. The van der Waals surface area contributed by atoms with Gasteiger partial charge in [0, 0.05) is 18.8 Å². The number of halogens is 3. The van der Waals surface area contributed by atoms with Crippen LogP contribution in [0.4, 0.5) is 24.8 Å². The zero-order valence-electron chi connectivity index (χ0n) is 15.2. The number of aryl methyl sites for hydroxylation is 1. The molecule has 2 heterocycles. The Kier molecular flexibility index (Phi) is 5.34. The number of hydrogen-bond donors (Lipinski definition) is 1. The summed E-state index contributed by atoms with van der Waals surface area (Å²) >= 11 is 0. The lowest BCUT2D eigenvalue weighted by Gasteiger charge is -2.31. The molecule has 144 valence electrons. The highest BCUT2D eigenvalue weighted by atomic mass is 19.4. The Labute approximate surface area is 155 Å². The Hall–Kier alpha value is -2.64. The van der Waals surface area contributed by atoms with Crippen LogP contribution in [0.25, 0.3) is 0 Å². The fourth-order valence-electron chi connectivity index (χ4n) is 3.21. The fraction of sp³-hybridized carbons (Fsp3) is 0.421. The molecule has 0 spiro atoms. The number of para-hydroxylation sites is 1. The van der Waals surface area contributed by atoms with Crippen LogP contribution < -0.4 is 10.2 Å². The highest BCUT2D eigenvalue weighted by Gasteiger charge is 2.33. The molecule has 5 nitrogen and oxygen atoms in total. The van der Waals surface area contributed by atoms with E-state index in [1.807, 2.05) is 4.90 Å². The van der Waals surface area contributed by atoms with Crippen LogP contribution in [0.3, 0.4) is 0 Å². The first-order chi connectivity index (χ1) is 12.7. The quantitative estimate of drug-likeness (QED) is 0.866. The molecule has 1 aromatic carbocycles. The van der Waals surface area contributed by atoms with Gasteiger partial charge < -0.3 is 10.2 Å². The summed E-state index contributed by atoms with van der Waals surface area (Å²) in [7, 11) is 0. The summed E-state index contributed by atoms with van der Waals surface area (Å²) in [6, 6.07) is 6.35. The SMILES string of the molecule is Cc1cc(C(=O)Nc2ccccc2C(F)(F)F)nc(N2CCCC(C)C2)n1. The molecule has 1 saturated heterocycles. The van der Waals surface area contributed by atoms with Gasteiger partial charge in [-0.15, -0.1) is 0 Å². The normalized spacial score (nSPS) is 17.7. The minimum atomic E-state index is -4.55. The summed E-state index contributed by atoms with van der Waals surface area (Å²) in [5.74, 6) is 0.248. The van der Waals surface area contributed by atoms with Gasteiger partial charge in [-0.3, -0.25) is 4.79 Å². The minimum Gasteiger partial charge on any atom is -0.341 e. The molecule has 1 N–H and O–H groups in total. The van der Waals surface area contributed by atoms with Crippen molar-refractivity contribution < 1.29 is 18.0 Å². The van der Waals surface area contributed by atoms with Crippen molar-refractivity contribution in [2.45, 2.75) is 32.9 Å². The third-order valence-corrected chi connectivity index (χ3v) is 4.50. The molecule has 1 amide bonds. The Morgan fingerprint density at radius 2 is 2.00 bits per heavy atom. The second-order valence-electron chi connectivity index (χ2n) is 6.89. The molecule has 1 unspecified atom stereocenters. The van der Waals surface area contributed by atoms with Crippen LogP contribution in [-0.4, -0.2) is 29.0 Å². The van der Waals surface area contributed by atoms with E-state index in [4.69, 9.17) is 0 Å². The van der Waals surface area contributed by atoms with E-state index in [0.717, 1.165) is 32.0 Å². The molecule has 0 radical (unpaired) electrons. The van der Waals surface area contributed by atoms with E-state index in [1.54, 1.807) is 6.92 Å². The summed E-state index contributed by atoms with van der Waals surface area (Å²) < 4.78 is 39.4. The molecule has 1 aliphatic heterocycles. The molecule has 27 heavy (non-hydrogen) atoms. The highest BCUT2D eigenvalue weighted by Crippen LogP contribution is 2.34. The van der Waals surface area contributed by atoms with Crippen molar-refractivity contribution >= 4 is 17.5 Å². The number of nitrogens with zero attached hydrogens (tertiary/aromatic N) is 3. The van der Waals surface area contributed by atoms with Gasteiger partial charge in [-0.25, -0.2) is 9.97 Å². The molecule has 0 bridgehead atoms. The summed E-state index contributed by atoms with van der Waals surface area (Å²) in [6.45, 7) is 5.47. The van der Waals surface area contributed by atoms with Crippen molar-refractivity contribution in [2.75, 3.05) is 23.3 Å². The maximum atomic E-state index is 13.1. The van der Waals surface area contributed by atoms with Gasteiger partial charge >= 0.3 is 6.18 Å². The standard InChI is InChI=1S/C19H21F3N4O/c1-12-6-5-9-26(11-12)18-23-13(2)10-16(25-18)17(27)24-15-8-4-3-7-14(15)19(20,21)22/h3-4,7-8,10,12H,5-6,9,11H2,1-2H3,(H,24,27). The van der Waals surface area contributed by atoms with E-state index in [1.165, 1.54) is 24.3 Å². The second kappa shape index (κ2) is 7.54. The van der Waals surface area contributed by atoms with Gasteiger partial charge in [-0.05, 0) is 43.9 Å².